The van der Waals surface area contributed by atoms with Gasteiger partial charge >= 0.3 is 0 Å². The Labute approximate surface area is 397 Å². The lowest BCUT2D eigenvalue weighted by Gasteiger charge is -2.24. The predicted molar refractivity (Wildman–Crippen MR) is 291 cm³/mol. The van der Waals surface area contributed by atoms with E-state index in [0.717, 1.165) is 0 Å². The van der Waals surface area contributed by atoms with Gasteiger partial charge in [-0.3, -0.25) is 0 Å². The molecule has 0 radical (unpaired) electrons. The van der Waals surface area contributed by atoms with E-state index in [1.165, 1.54) is 143 Å². The van der Waals surface area contributed by atoms with E-state index in [-0.39, 0.29) is 10.8 Å². The van der Waals surface area contributed by atoms with Gasteiger partial charge in [0.05, 0.1) is 0 Å². The van der Waals surface area contributed by atoms with Crippen molar-refractivity contribution >= 4 is 53.9 Å². The topological polar surface area (TPSA) is 0 Å². The zero-order chi connectivity index (χ0) is 45.5. The van der Waals surface area contributed by atoms with Crippen molar-refractivity contribution in [3.8, 4) is 66.8 Å². The van der Waals surface area contributed by atoms with Gasteiger partial charge in [-0.05, 0) is 167 Å². The number of fused-ring (bicyclic) bond motifs is 15. The molecule has 0 saturated carbocycles. The second kappa shape index (κ2) is 14.2. The van der Waals surface area contributed by atoms with Gasteiger partial charge in [0.2, 0.25) is 0 Å². The van der Waals surface area contributed by atoms with Gasteiger partial charge in [0.1, 0.15) is 0 Å². The highest BCUT2D eigenvalue weighted by molar-refractivity contribution is 6.19. The van der Waals surface area contributed by atoms with Crippen LogP contribution >= 0.6 is 0 Å². The lowest BCUT2D eigenvalue weighted by Crippen LogP contribution is -2.15. The molecule has 2 aliphatic carbocycles. The van der Waals surface area contributed by atoms with Crippen LogP contribution in [0.3, 0.4) is 0 Å². The van der Waals surface area contributed by atoms with Crippen LogP contribution in [-0.2, 0) is 10.8 Å². The summed E-state index contributed by atoms with van der Waals surface area (Å²) >= 11 is 0. The summed E-state index contributed by atoms with van der Waals surface area (Å²) in [5.41, 5.74) is 20.8. The van der Waals surface area contributed by atoms with Gasteiger partial charge in [0, 0.05) is 10.8 Å². The molecule has 0 heterocycles. The molecule has 12 aromatic rings. The van der Waals surface area contributed by atoms with E-state index in [1.807, 2.05) is 0 Å². The number of benzene rings is 12. The molecular formula is C68H48. The van der Waals surface area contributed by atoms with Crippen molar-refractivity contribution in [3.63, 3.8) is 0 Å². The van der Waals surface area contributed by atoms with E-state index >= 15 is 0 Å². The minimum atomic E-state index is -0.229. The third kappa shape index (κ3) is 5.38. The number of hydrogen-bond donors (Lipinski definition) is 0. The molecular weight excluding hydrogens is 817 g/mol. The van der Waals surface area contributed by atoms with Crippen molar-refractivity contribution in [2.75, 3.05) is 0 Å². The first-order valence-corrected chi connectivity index (χ1v) is 24.2. The summed E-state index contributed by atoms with van der Waals surface area (Å²) in [5, 5.41) is 13.0. The van der Waals surface area contributed by atoms with Crippen molar-refractivity contribution in [3.05, 3.63) is 241 Å². The molecule has 0 fully saturated rings. The summed E-state index contributed by atoms with van der Waals surface area (Å²) in [6.07, 6.45) is 0. The SMILES string of the molecule is CC1(C)c2cc(-c3ccccc3)c3ccccc3c2-c2c1cc(-c1ccc(-c3cc4c(c5ccccc35)-c3c(cc(-c5cccc6ccccc56)c5ccccc35)C4(C)C)cc1)c1ccccc21. The van der Waals surface area contributed by atoms with Crippen molar-refractivity contribution < 1.29 is 0 Å². The van der Waals surface area contributed by atoms with Crippen LogP contribution in [0.2, 0.25) is 0 Å². The fourth-order valence-electron chi connectivity index (χ4n) is 12.7. The molecule has 0 saturated heterocycles. The van der Waals surface area contributed by atoms with Gasteiger partial charge in [0.15, 0.2) is 0 Å². The summed E-state index contributed by atoms with van der Waals surface area (Å²) < 4.78 is 0. The second-order valence-corrected chi connectivity index (χ2v) is 20.3. The second-order valence-electron chi connectivity index (χ2n) is 20.3. The van der Waals surface area contributed by atoms with Gasteiger partial charge in [-0.2, -0.15) is 0 Å². The largest absolute Gasteiger partial charge is 0.0622 e. The Balaban J connectivity index is 0.924. The monoisotopic (exact) mass is 864 g/mol. The zero-order valence-electron chi connectivity index (χ0n) is 38.8. The van der Waals surface area contributed by atoms with E-state index in [4.69, 9.17) is 0 Å². The first kappa shape index (κ1) is 39.1. The van der Waals surface area contributed by atoms with Gasteiger partial charge < -0.3 is 0 Å². The summed E-state index contributed by atoms with van der Waals surface area (Å²) in [6, 6.07) is 82.3. The summed E-state index contributed by atoms with van der Waals surface area (Å²) in [4.78, 5) is 0. The van der Waals surface area contributed by atoms with Crippen LogP contribution in [0.4, 0.5) is 0 Å². The molecule has 0 heteroatoms. The maximum Gasteiger partial charge on any atom is 0.0159 e. The Hall–Kier alpha value is -8.06. The minimum absolute atomic E-state index is 0.203. The fraction of sp³-hybridized carbons (Fsp3) is 0.0882. The van der Waals surface area contributed by atoms with E-state index in [9.17, 15) is 0 Å². The van der Waals surface area contributed by atoms with Crippen LogP contribution < -0.4 is 0 Å². The first-order valence-electron chi connectivity index (χ1n) is 24.2. The first-order chi connectivity index (χ1) is 33.3. The molecule has 0 spiro atoms. The highest BCUT2D eigenvalue weighted by Crippen LogP contribution is 2.59. The van der Waals surface area contributed by atoms with Crippen LogP contribution in [-0.4, -0.2) is 0 Å². The molecule has 0 aliphatic heterocycles. The Bertz CT molecular complexity index is 4100. The van der Waals surface area contributed by atoms with Crippen LogP contribution in [0, 0.1) is 0 Å². The van der Waals surface area contributed by atoms with E-state index in [0.29, 0.717) is 0 Å². The Morgan fingerprint density at radius 1 is 0.221 bits per heavy atom. The molecule has 320 valence electrons. The number of rotatable bonds is 4. The van der Waals surface area contributed by atoms with Gasteiger partial charge in [0.25, 0.3) is 0 Å². The van der Waals surface area contributed by atoms with Crippen LogP contribution in [0.5, 0.6) is 0 Å². The van der Waals surface area contributed by atoms with Crippen molar-refractivity contribution in [1.82, 2.24) is 0 Å². The molecule has 0 aromatic heterocycles. The molecule has 68 heavy (non-hydrogen) atoms. The van der Waals surface area contributed by atoms with Gasteiger partial charge in [-0.25, -0.2) is 0 Å². The molecule has 0 atom stereocenters. The molecule has 0 nitrogen and oxygen atoms in total. The Kier molecular flexibility index (Phi) is 8.19. The maximum absolute atomic E-state index is 2.53. The van der Waals surface area contributed by atoms with Crippen molar-refractivity contribution in [2.24, 2.45) is 0 Å². The third-order valence-electron chi connectivity index (χ3n) is 16.0. The van der Waals surface area contributed by atoms with E-state index < -0.39 is 0 Å². The maximum atomic E-state index is 2.53. The van der Waals surface area contributed by atoms with Crippen LogP contribution in [0.1, 0.15) is 49.9 Å². The number of hydrogen-bond acceptors (Lipinski definition) is 0. The van der Waals surface area contributed by atoms with Crippen LogP contribution in [0.25, 0.3) is 121 Å². The van der Waals surface area contributed by atoms with Gasteiger partial charge in [-0.1, -0.05) is 222 Å². The average Bonchev–Trinajstić information content (AvgIpc) is 3.77. The van der Waals surface area contributed by atoms with E-state index in [1.54, 1.807) is 0 Å². The van der Waals surface area contributed by atoms with Gasteiger partial charge in [-0.15, -0.1) is 0 Å². The Morgan fingerprint density at radius 3 is 0.926 bits per heavy atom. The molecule has 0 amide bonds. The highest BCUT2D eigenvalue weighted by atomic mass is 14.4. The normalized spacial score (nSPS) is 14.1. The zero-order valence-corrected chi connectivity index (χ0v) is 38.8. The molecule has 12 aromatic carbocycles. The lowest BCUT2D eigenvalue weighted by atomic mass is 9.79. The molecule has 0 N–H and O–H groups in total. The van der Waals surface area contributed by atoms with Crippen molar-refractivity contribution in [1.29, 1.82) is 0 Å². The van der Waals surface area contributed by atoms with Crippen LogP contribution in [0.15, 0.2) is 218 Å². The fourth-order valence-corrected chi connectivity index (χ4v) is 12.7. The third-order valence-corrected chi connectivity index (χ3v) is 16.0. The molecule has 0 bridgehead atoms. The molecule has 2 aliphatic rings. The molecule has 0 unspecified atom stereocenters. The quantitative estimate of drug-likeness (QED) is 0.165. The summed E-state index contributed by atoms with van der Waals surface area (Å²) in [6.45, 7) is 9.72. The standard InChI is InChI=1S/C68H48/c1-67(2)59-37-55(42-19-6-5-7-20-42)47-24-10-14-28-51(47)63(59)64-52-29-15-11-25-48(52)56(38-60(64)67)43-33-35-44(36-34-43)57-39-61-65(53-30-16-12-26-49(53)57)66-54-31-17-13-27-50(54)58(40-62(66)68(61,3)4)46-32-18-22-41-21-8-9-23-45(41)46/h5-40H,1-4H3. The smallest absolute Gasteiger partial charge is 0.0159 e. The van der Waals surface area contributed by atoms with E-state index in [2.05, 4.69) is 246 Å². The lowest BCUT2D eigenvalue weighted by molar-refractivity contribution is 0.661. The summed E-state index contributed by atoms with van der Waals surface area (Å²) in [5.74, 6) is 0. The molecule has 14 rings (SSSR count). The average molecular weight is 865 g/mol. The van der Waals surface area contributed by atoms with Crippen molar-refractivity contribution in [2.45, 2.75) is 38.5 Å². The highest BCUT2D eigenvalue weighted by Gasteiger charge is 2.41. The predicted octanol–water partition coefficient (Wildman–Crippen LogP) is 18.7. The summed E-state index contributed by atoms with van der Waals surface area (Å²) in [7, 11) is 0. The Morgan fingerprint density at radius 2 is 0.515 bits per heavy atom. The minimum Gasteiger partial charge on any atom is -0.0622 e.